The molecule has 0 aromatic heterocycles. The molecule has 0 fully saturated rings. The van der Waals surface area contributed by atoms with Crippen LogP contribution in [0.1, 0.15) is 33.3 Å². The van der Waals surface area contributed by atoms with Gasteiger partial charge in [-0.25, -0.2) is 4.79 Å². The molecule has 0 spiro atoms. The average Bonchev–Trinajstić information content (AvgIpc) is 2.43. The molecule has 0 bridgehead atoms. The SMILES string of the molecule is COc1cc(/C=C/C(=O)OC(C)(C)C)cc(OC)c1OC(C)=O. The Morgan fingerprint density at radius 1 is 1.04 bits per heavy atom. The fourth-order valence-corrected chi connectivity index (χ4v) is 1.74. The zero-order valence-corrected chi connectivity index (χ0v) is 14.3. The number of ether oxygens (including phenoxy) is 4. The lowest BCUT2D eigenvalue weighted by Gasteiger charge is -2.18. The average molecular weight is 322 g/mol. The highest BCUT2D eigenvalue weighted by molar-refractivity contribution is 5.87. The van der Waals surface area contributed by atoms with E-state index in [0.29, 0.717) is 17.1 Å². The molecule has 126 valence electrons. The van der Waals surface area contributed by atoms with Crippen LogP contribution >= 0.6 is 0 Å². The van der Waals surface area contributed by atoms with Crippen molar-refractivity contribution < 1.29 is 28.5 Å². The quantitative estimate of drug-likeness (QED) is 0.471. The van der Waals surface area contributed by atoms with Gasteiger partial charge in [0.25, 0.3) is 0 Å². The third kappa shape index (κ3) is 6.02. The van der Waals surface area contributed by atoms with E-state index in [1.165, 1.54) is 27.2 Å². The molecule has 0 aliphatic rings. The standard InChI is InChI=1S/C17H22O6/c1-11(18)22-16-13(20-5)9-12(10-14(16)21-6)7-8-15(19)23-17(2,3)4/h7-10H,1-6H3/b8-7+. The highest BCUT2D eigenvalue weighted by atomic mass is 16.6. The molecular formula is C17H22O6. The lowest BCUT2D eigenvalue weighted by atomic mass is 10.1. The second-order valence-electron chi connectivity index (χ2n) is 5.71. The van der Waals surface area contributed by atoms with Gasteiger partial charge in [-0.2, -0.15) is 0 Å². The fourth-order valence-electron chi connectivity index (χ4n) is 1.74. The van der Waals surface area contributed by atoms with E-state index in [1.54, 1.807) is 39.0 Å². The Balaban J connectivity index is 3.09. The normalized spacial score (nSPS) is 11.2. The van der Waals surface area contributed by atoms with Crippen LogP contribution in [-0.4, -0.2) is 31.8 Å². The first-order valence-electron chi connectivity index (χ1n) is 7.01. The van der Waals surface area contributed by atoms with Crippen molar-refractivity contribution in [3.05, 3.63) is 23.8 Å². The van der Waals surface area contributed by atoms with Crippen molar-refractivity contribution in [3.8, 4) is 17.2 Å². The zero-order chi connectivity index (χ0) is 17.6. The summed E-state index contributed by atoms with van der Waals surface area (Å²) >= 11 is 0. The van der Waals surface area contributed by atoms with Gasteiger partial charge in [-0.05, 0) is 44.5 Å². The van der Waals surface area contributed by atoms with Crippen molar-refractivity contribution in [1.29, 1.82) is 0 Å². The predicted octanol–water partition coefficient (Wildman–Crippen LogP) is 2.98. The molecule has 0 aliphatic carbocycles. The molecule has 1 aromatic rings. The van der Waals surface area contributed by atoms with Crippen LogP contribution in [0.2, 0.25) is 0 Å². The van der Waals surface area contributed by atoms with Gasteiger partial charge in [-0.3, -0.25) is 4.79 Å². The summed E-state index contributed by atoms with van der Waals surface area (Å²) in [6, 6.07) is 3.25. The van der Waals surface area contributed by atoms with E-state index in [9.17, 15) is 9.59 Å². The fraction of sp³-hybridized carbons (Fsp3) is 0.412. The lowest BCUT2D eigenvalue weighted by molar-refractivity contribution is -0.148. The van der Waals surface area contributed by atoms with Gasteiger partial charge in [0.05, 0.1) is 14.2 Å². The van der Waals surface area contributed by atoms with E-state index in [4.69, 9.17) is 18.9 Å². The van der Waals surface area contributed by atoms with Gasteiger partial charge in [-0.15, -0.1) is 0 Å². The third-order valence-electron chi connectivity index (χ3n) is 2.55. The molecule has 0 N–H and O–H groups in total. The number of esters is 2. The predicted molar refractivity (Wildman–Crippen MR) is 85.7 cm³/mol. The summed E-state index contributed by atoms with van der Waals surface area (Å²) in [7, 11) is 2.90. The molecule has 0 aliphatic heterocycles. The Kier molecular flexibility index (Phi) is 6.18. The van der Waals surface area contributed by atoms with Crippen molar-refractivity contribution in [2.75, 3.05) is 14.2 Å². The number of carbonyl (C=O) groups excluding carboxylic acids is 2. The minimum Gasteiger partial charge on any atom is -0.493 e. The Hall–Kier alpha value is -2.50. The Morgan fingerprint density at radius 3 is 1.96 bits per heavy atom. The second kappa shape index (κ2) is 7.67. The van der Waals surface area contributed by atoms with Crippen LogP contribution in [0.3, 0.4) is 0 Å². The Bertz CT molecular complexity index is 585. The molecule has 0 atom stereocenters. The van der Waals surface area contributed by atoms with Crippen molar-refractivity contribution in [2.24, 2.45) is 0 Å². The number of hydrogen-bond donors (Lipinski definition) is 0. The molecule has 0 radical (unpaired) electrons. The van der Waals surface area contributed by atoms with Crippen LogP contribution in [0.5, 0.6) is 17.2 Å². The number of hydrogen-bond acceptors (Lipinski definition) is 6. The molecule has 23 heavy (non-hydrogen) atoms. The lowest BCUT2D eigenvalue weighted by Crippen LogP contribution is -2.22. The van der Waals surface area contributed by atoms with Crippen LogP contribution in [0.4, 0.5) is 0 Å². The Morgan fingerprint density at radius 2 is 1.57 bits per heavy atom. The van der Waals surface area contributed by atoms with Gasteiger partial charge in [-0.1, -0.05) is 0 Å². The number of rotatable bonds is 5. The number of carbonyl (C=O) groups is 2. The van der Waals surface area contributed by atoms with E-state index in [0.717, 1.165) is 0 Å². The molecular weight excluding hydrogens is 300 g/mol. The van der Waals surface area contributed by atoms with Gasteiger partial charge >= 0.3 is 11.9 Å². The second-order valence-corrected chi connectivity index (χ2v) is 5.71. The van der Waals surface area contributed by atoms with Crippen molar-refractivity contribution in [1.82, 2.24) is 0 Å². The molecule has 0 saturated heterocycles. The summed E-state index contributed by atoms with van der Waals surface area (Å²) in [5, 5.41) is 0. The van der Waals surface area contributed by atoms with Crippen LogP contribution in [0, 0.1) is 0 Å². The maximum absolute atomic E-state index is 11.7. The van der Waals surface area contributed by atoms with E-state index < -0.39 is 17.5 Å². The molecule has 0 amide bonds. The highest BCUT2D eigenvalue weighted by Gasteiger charge is 2.16. The monoisotopic (exact) mass is 322 g/mol. The smallest absolute Gasteiger partial charge is 0.331 e. The molecule has 0 saturated carbocycles. The summed E-state index contributed by atoms with van der Waals surface area (Å²) in [5.74, 6) is -0.109. The van der Waals surface area contributed by atoms with Gasteiger partial charge in [0.2, 0.25) is 5.75 Å². The number of benzene rings is 1. The molecule has 6 nitrogen and oxygen atoms in total. The van der Waals surface area contributed by atoms with Gasteiger partial charge < -0.3 is 18.9 Å². The van der Waals surface area contributed by atoms with E-state index >= 15 is 0 Å². The number of methoxy groups -OCH3 is 2. The molecule has 6 heteroatoms. The van der Waals surface area contributed by atoms with Gasteiger partial charge in [0.15, 0.2) is 11.5 Å². The van der Waals surface area contributed by atoms with Crippen LogP contribution in [0.15, 0.2) is 18.2 Å². The van der Waals surface area contributed by atoms with Crippen molar-refractivity contribution in [2.45, 2.75) is 33.3 Å². The van der Waals surface area contributed by atoms with E-state index in [2.05, 4.69) is 0 Å². The first-order valence-corrected chi connectivity index (χ1v) is 7.01. The van der Waals surface area contributed by atoms with Crippen LogP contribution in [-0.2, 0) is 14.3 Å². The largest absolute Gasteiger partial charge is 0.493 e. The summed E-state index contributed by atoms with van der Waals surface area (Å²) in [6.45, 7) is 6.66. The summed E-state index contributed by atoms with van der Waals surface area (Å²) in [5.41, 5.74) is 0.0798. The molecule has 1 aromatic carbocycles. The van der Waals surface area contributed by atoms with E-state index in [1.807, 2.05) is 0 Å². The highest BCUT2D eigenvalue weighted by Crippen LogP contribution is 2.39. The minimum absolute atomic E-state index is 0.192. The van der Waals surface area contributed by atoms with Crippen molar-refractivity contribution >= 4 is 18.0 Å². The van der Waals surface area contributed by atoms with E-state index in [-0.39, 0.29) is 5.75 Å². The summed E-state index contributed by atoms with van der Waals surface area (Å²) in [6.07, 6.45) is 2.88. The molecule has 1 rings (SSSR count). The maximum atomic E-state index is 11.7. The molecule has 0 unspecified atom stereocenters. The van der Waals surface area contributed by atoms with Crippen molar-refractivity contribution in [3.63, 3.8) is 0 Å². The van der Waals surface area contributed by atoms with Gasteiger partial charge in [0.1, 0.15) is 5.60 Å². The summed E-state index contributed by atoms with van der Waals surface area (Å²) < 4.78 is 20.7. The minimum atomic E-state index is -0.560. The van der Waals surface area contributed by atoms with Gasteiger partial charge in [0, 0.05) is 13.0 Å². The third-order valence-corrected chi connectivity index (χ3v) is 2.55. The first-order chi connectivity index (χ1) is 10.7. The maximum Gasteiger partial charge on any atom is 0.331 e. The van der Waals surface area contributed by atoms with Crippen LogP contribution < -0.4 is 14.2 Å². The first kappa shape index (κ1) is 18.5. The Labute approximate surface area is 136 Å². The topological polar surface area (TPSA) is 71.1 Å². The molecule has 0 heterocycles. The summed E-state index contributed by atoms with van der Waals surface area (Å²) in [4.78, 5) is 22.9. The zero-order valence-electron chi connectivity index (χ0n) is 14.3. The van der Waals surface area contributed by atoms with Crippen LogP contribution in [0.25, 0.3) is 6.08 Å².